The van der Waals surface area contributed by atoms with Crippen LogP contribution in [-0.4, -0.2) is 13.2 Å². The molecule has 0 fully saturated rings. The Morgan fingerprint density at radius 2 is 2.11 bits per heavy atom. The summed E-state index contributed by atoms with van der Waals surface area (Å²) in [4.78, 5) is 0. The van der Waals surface area contributed by atoms with Gasteiger partial charge >= 0.3 is 0 Å². The first kappa shape index (κ1) is 15.2. The Morgan fingerprint density at radius 3 is 2.78 bits per heavy atom. The molecule has 1 aromatic rings. The van der Waals surface area contributed by atoms with Crippen LogP contribution in [-0.2, 0) is 6.54 Å². The van der Waals surface area contributed by atoms with E-state index in [1.54, 1.807) is 6.07 Å². The van der Waals surface area contributed by atoms with E-state index >= 15 is 0 Å². The Bertz CT molecular complexity index is 449. The molecule has 98 valence electrons. The molecule has 0 aliphatic rings. The third kappa shape index (κ3) is 4.78. The topological polar surface area (TPSA) is 21.3 Å². The zero-order valence-corrected chi connectivity index (χ0v) is 12.2. The summed E-state index contributed by atoms with van der Waals surface area (Å²) in [6.45, 7) is 5.95. The summed E-state index contributed by atoms with van der Waals surface area (Å²) in [5.74, 6) is 6.48. The van der Waals surface area contributed by atoms with Gasteiger partial charge in [-0.3, -0.25) is 0 Å². The molecule has 0 saturated carbocycles. The highest BCUT2D eigenvalue weighted by Gasteiger charge is 2.10. The normalized spacial score (nSPS) is 9.78. The molecule has 0 heterocycles. The quantitative estimate of drug-likeness (QED) is 0.632. The zero-order valence-electron chi connectivity index (χ0n) is 10.6. The van der Waals surface area contributed by atoms with Crippen molar-refractivity contribution in [2.24, 2.45) is 0 Å². The zero-order chi connectivity index (χ0) is 13.4. The number of rotatable bonds is 6. The van der Waals surface area contributed by atoms with Gasteiger partial charge in [0.2, 0.25) is 0 Å². The van der Waals surface area contributed by atoms with Crippen molar-refractivity contribution < 1.29 is 4.74 Å². The molecule has 2 nitrogen and oxygen atoms in total. The Labute approximate surface area is 119 Å². The van der Waals surface area contributed by atoms with Gasteiger partial charge in [-0.15, -0.1) is 11.8 Å². The minimum Gasteiger partial charge on any atom is -0.491 e. The summed E-state index contributed by atoms with van der Waals surface area (Å²) in [6.07, 6.45) is 0.691. The average molecular weight is 286 g/mol. The third-order valence-corrected chi connectivity index (χ3v) is 2.80. The predicted octanol–water partition coefficient (Wildman–Crippen LogP) is 3.90. The fraction of sp³-hybridized carbons (Fsp3) is 0.429. The van der Waals surface area contributed by atoms with E-state index in [1.807, 2.05) is 19.9 Å². The van der Waals surface area contributed by atoms with Gasteiger partial charge in [-0.1, -0.05) is 30.1 Å². The van der Waals surface area contributed by atoms with Crippen molar-refractivity contribution in [1.82, 2.24) is 5.32 Å². The Morgan fingerprint density at radius 1 is 1.33 bits per heavy atom. The van der Waals surface area contributed by atoms with Gasteiger partial charge in [-0.2, -0.15) is 0 Å². The molecule has 0 aliphatic heterocycles. The average Bonchev–Trinajstić information content (AvgIpc) is 2.34. The summed E-state index contributed by atoms with van der Waals surface area (Å²) in [5.41, 5.74) is 0.971. The van der Waals surface area contributed by atoms with Crippen LogP contribution < -0.4 is 10.1 Å². The van der Waals surface area contributed by atoms with Gasteiger partial charge in [0, 0.05) is 23.6 Å². The molecule has 0 aromatic heterocycles. The standard InChI is InChI=1S/C14H17Cl2NO/c1-3-5-6-7-18-14-11(10-17-4-2)8-12(15)9-13(14)16/h8-9,17H,4,6-7,10H2,1-2H3. The largest absolute Gasteiger partial charge is 0.491 e. The van der Waals surface area contributed by atoms with Crippen LogP contribution in [0, 0.1) is 11.8 Å². The summed E-state index contributed by atoms with van der Waals surface area (Å²) in [6, 6.07) is 3.57. The third-order valence-electron chi connectivity index (χ3n) is 2.30. The minimum absolute atomic E-state index is 0.529. The van der Waals surface area contributed by atoms with Gasteiger partial charge in [0.15, 0.2) is 0 Å². The van der Waals surface area contributed by atoms with Gasteiger partial charge < -0.3 is 10.1 Å². The minimum atomic E-state index is 0.529. The van der Waals surface area contributed by atoms with E-state index in [0.717, 1.165) is 12.1 Å². The number of hydrogen-bond acceptors (Lipinski definition) is 2. The monoisotopic (exact) mass is 285 g/mol. The SMILES string of the molecule is CC#CCCOc1c(Cl)cc(Cl)cc1CNCC. The molecular weight excluding hydrogens is 269 g/mol. The maximum absolute atomic E-state index is 6.15. The van der Waals surface area contributed by atoms with E-state index in [2.05, 4.69) is 17.2 Å². The summed E-state index contributed by atoms with van der Waals surface area (Å²) in [7, 11) is 0. The molecule has 1 N–H and O–H groups in total. The number of ether oxygens (including phenoxy) is 1. The van der Waals surface area contributed by atoms with Crippen LogP contribution in [0.15, 0.2) is 12.1 Å². The van der Waals surface area contributed by atoms with E-state index in [0.29, 0.717) is 35.4 Å². The molecule has 0 aliphatic carbocycles. The number of hydrogen-bond donors (Lipinski definition) is 1. The lowest BCUT2D eigenvalue weighted by molar-refractivity contribution is 0.323. The first-order valence-corrected chi connectivity index (χ1v) is 6.65. The van der Waals surface area contributed by atoms with Crippen LogP contribution in [0.1, 0.15) is 25.8 Å². The van der Waals surface area contributed by atoms with Crippen LogP contribution in [0.5, 0.6) is 5.75 Å². The van der Waals surface area contributed by atoms with E-state index in [4.69, 9.17) is 27.9 Å². The van der Waals surface area contributed by atoms with E-state index in [-0.39, 0.29) is 0 Å². The maximum atomic E-state index is 6.15. The molecule has 0 atom stereocenters. The number of benzene rings is 1. The van der Waals surface area contributed by atoms with Crippen molar-refractivity contribution >= 4 is 23.2 Å². The highest BCUT2D eigenvalue weighted by atomic mass is 35.5. The fourth-order valence-electron chi connectivity index (χ4n) is 1.50. The van der Waals surface area contributed by atoms with Crippen molar-refractivity contribution in [2.45, 2.75) is 26.8 Å². The lowest BCUT2D eigenvalue weighted by Crippen LogP contribution is -2.13. The van der Waals surface area contributed by atoms with Gasteiger partial charge in [0.25, 0.3) is 0 Å². The Balaban J connectivity index is 2.80. The van der Waals surface area contributed by atoms with Crippen molar-refractivity contribution in [3.05, 3.63) is 27.7 Å². The highest BCUT2D eigenvalue weighted by molar-refractivity contribution is 6.35. The van der Waals surface area contributed by atoms with E-state index in [1.165, 1.54) is 0 Å². The molecular formula is C14H17Cl2NO. The first-order valence-electron chi connectivity index (χ1n) is 5.90. The van der Waals surface area contributed by atoms with Crippen molar-refractivity contribution in [2.75, 3.05) is 13.2 Å². The van der Waals surface area contributed by atoms with Gasteiger partial charge in [0.05, 0.1) is 11.6 Å². The molecule has 4 heteroatoms. The number of halogens is 2. The van der Waals surface area contributed by atoms with Gasteiger partial charge in [0.1, 0.15) is 5.75 Å². The van der Waals surface area contributed by atoms with Crippen molar-refractivity contribution in [3.63, 3.8) is 0 Å². The molecule has 0 amide bonds. The second kappa shape index (κ2) is 8.26. The second-order valence-electron chi connectivity index (χ2n) is 3.68. The summed E-state index contributed by atoms with van der Waals surface area (Å²) >= 11 is 12.1. The second-order valence-corrected chi connectivity index (χ2v) is 4.53. The van der Waals surface area contributed by atoms with E-state index < -0.39 is 0 Å². The van der Waals surface area contributed by atoms with Crippen molar-refractivity contribution in [3.8, 4) is 17.6 Å². The van der Waals surface area contributed by atoms with E-state index in [9.17, 15) is 0 Å². The summed E-state index contributed by atoms with van der Waals surface area (Å²) in [5, 5.41) is 4.40. The number of nitrogens with one attached hydrogen (secondary N) is 1. The first-order chi connectivity index (χ1) is 8.69. The predicted molar refractivity (Wildman–Crippen MR) is 77.4 cm³/mol. The summed E-state index contributed by atoms with van der Waals surface area (Å²) < 4.78 is 5.69. The maximum Gasteiger partial charge on any atom is 0.142 e. The highest BCUT2D eigenvalue weighted by Crippen LogP contribution is 2.32. The lowest BCUT2D eigenvalue weighted by Gasteiger charge is -2.13. The lowest BCUT2D eigenvalue weighted by atomic mass is 10.2. The van der Waals surface area contributed by atoms with Gasteiger partial charge in [-0.05, 0) is 25.6 Å². The van der Waals surface area contributed by atoms with Crippen LogP contribution in [0.3, 0.4) is 0 Å². The molecule has 1 rings (SSSR count). The molecule has 0 bridgehead atoms. The smallest absolute Gasteiger partial charge is 0.142 e. The van der Waals surface area contributed by atoms with Crippen LogP contribution in [0.2, 0.25) is 10.0 Å². The van der Waals surface area contributed by atoms with Crippen LogP contribution in [0.25, 0.3) is 0 Å². The fourth-order valence-corrected chi connectivity index (χ4v) is 2.09. The molecule has 0 unspecified atom stereocenters. The van der Waals surface area contributed by atoms with Gasteiger partial charge in [-0.25, -0.2) is 0 Å². The molecule has 1 aromatic carbocycles. The van der Waals surface area contributed by atoms with Crippen molar-refractivity contribution in [1.29, 1.82) is 0 Å². The van der Waals surface area contributed by atoms with Crippen LogP contribution in [0.4, 0.5) is 0 Å². The molecule has 18 heavy (non-hydrogen) atoms. The molecule has 0 saturated heterocycles. The Hall–Kier alpha value is -0.880. The molecule has 0 spiro atoms. The molecule has 0 radical (unpaired) electrons. The Kier molecular flexibility index (Phi) is 6.97. The van der Waals surface area contributed by atoms with Crippen LogP contribution >= 0.6 is 23.2 Å².